The van der Waals surface area contributed by atoms with Gasteiger partial charge in [0.1, 0.15) is 5.75 Å². The van der Waals surface area contributed by atoms with Crippen molar-refractivity contribution in [3.63, 3.8) is 0 Å². The largest absolute Gasteiger partial charge is 0.497 e. The molecule has 8 nitrogen and oxygen atoms in total. The number of hydrogen-bond acceptors (Lipinski definition) is 7. The molecule has 0 saturated carbocycles. The minimum atomic E-state index is -0.860. The summed E-state index contributed by atoms with van der Waals surface area (Å²) in [4.78, 5) is 30.4. The number of benzene rings is 3. The Labute approximate surface area is 240 Å². The van der Waals surface area contributed by atoms with E-state index in [0.717, 1.165) is 24.0 Å². The lowest BCUT2D eigenvalue weighted by Gasteiger charge is -2.13. The number of carbonyl (C=O) groups is 1. The van der Waals surface area contributed by atoms with Gasteiger partial charge in [0.05, 0.1) is 29.4 Å². The van der Waals surface area contributed by atoms with Crippen LogP contribution in [0.1, 0.15) is 24.0 Å². The van der Waals surface area contributed by atoms with E-state index in [1.807, 2.05) is 36.4 Å². The Balaban J connectivity index is 1.46. The van der Waals surface area contributed by atoms with Crippen LogP contribution in [0.3, 0.4) is 0 Å². The first-order valence-corrected chi connectivity index (χ1v) is 15.5. The number of rotatable bonds is 12. The molecule has 1 atom stereocenters. The van der Waals surface area contributed by atoms with Crippen LogP contribution < -0.4 is 21.3 Å². The van der Waals surface area contributed by atoms with Gasteiger partial charge < -0.3 is 15.8 Å². The van der Waals surface area contributed by atoms with Crippen LogP contribution in [0.25, 0.3) is 17.0 Å². The van der Waals surface area contributed by atoms with Gasteiger partial charge in [-0.3, -0.25) is 18.4 Å². The Hall–Kier alpha value is -3.89. The van der Waals surface area contributed by atoms with E-state index in [1.165, 1.54) is 17.8 Å². The number of thioether (sulfide) groups is 1. The molecule has 0 aliphatic heterocycles. The summed E-state index contributed by atoms with van der Waals surface area (Å²) in [7, 11) is 0.724. The highest BCUT2D eigenvalue weighted by Gasteiger charge is 2.13. The van der Waals surface area contributed by atoms with Crippen LogP contribution in [0.2, 0.25) is 0 Å². The summed E-state index contributed by atoms with van der Waals surface area (Å²) in [6.07, 6.45) is 6.41. The molecule has 1 aromatic heterocycles. The highest BCUT2D eigenvalue weighted by molar-refractivity contribution is 7.98. The van der Waals surface area contributed by atoms with Crippen LogP contribution in [-0.2, 0) is 27.9 Å². The fraction of sp³-hybridized carbons (Fsp3) is 0.233. The fourth-order valence-corrected chi connectivity index (χ4v) is 5.61. The van der Waals surface area contributed by atoms with E-state index in [9.17, 15) is 13.8 Å². The molecule has 1 unspecified atom stereocenters. The summed E-state index contributed by atoms with van der Waals surface area (Å²) in [5.41, 5.74) is 9.39. The zero-order chi connectivity index (χ0) is 28.5. The van der Waals surface area contributed by atoms with Gasteiger partial charge in [0.2, 0.25) is 5.91 Å². The van der Waals surface area contributed by atoms with Crippen molar-refractivity contribution in [2.24, 2.45) is 0 Å². The van der Waals surface area contributed by atoms with Crippen molar-refractivity contribution in [3.05, 3.63) is 94.3 Å². The summed E-state index contributed by atoms with van der Waals surface area (Å²) in [5, 5.41) is 3.94. The third-order valence-electron chi connectivity index (χ3n) is 6.18. The van der Waals surface area contributed by atoms with Crippen LogP contribution in [-0.4, -0.2) is 38.8 Å². The fourth-order valence-electron chi connectivity index (χ4n) is 4.02. The number of para-hydroxylation sites is 2. The molecule has 40 heavy (non-hydrogen) atoms. The molecule has 208 valence electrons. The number of methoxy groups -OCH3 is 1. The predicted octanol–water partition coefficient (Wildman–Crippen LogP) is 5.09. The first-order valence-electron chi connectivity index (χ1n) is 12.8. The van der Waals surface area contributed by atoms with E-state index < -0.39 is 10.8 Å². The third kappa shape index (κ3) is 7.83. The molecular weight excluding hydrogens is 544 g/mol. The Kier molecular flexibility index (Phi) is 10.2. The first kappa shape index (κ1) is 29.1. The van der Waals surface area contributed by atoms with Crippen molar-refractivity contribution in [3.8, 4) is 5.75 Å². The molecular formula is C30H32N4O4S2. The third-order valence-corrected chi connectivity index (χ3v) is 8.10. The first-order chi connectivity index (χ1) is 19.3. The average Bonchev–Trinajstić information content (AvgIpc) is 2.95. The number of nitrogens with two attached hydrogens (primary N) is 1. The van der Waals surface area contributed by atoms with Crippen LogP contribution in [0.15, 0.2) is 82.8 Å². The number of nitrogens with one attached hydrogen (secondary N) is 1. The van der Waals surface area contributed by atoms with Gasteiger partial charge in [0, 0.05) is 47.2 Å². The van der Waals surface area contributed by atoms with Gasteiger partial charge in [-0.2, -0.15) is 0 Å². The Morgan fingerprint density at radius 3 is 2.62 bits per heavy atom. The molecule has 4 rings (SSSR count). The summed E-state index contributed by atoms with van der Waals surface area (Å²) in [6, 6.07) is 20.2. The maximum atomic E-state index is 13.4. The molecule has 0 fully saturated rings. The standard InChI is InChI=1S/C30H32N4O4S2/c1-38-23-14-15-24-27(19-23)33-30(34(29(24)36)17-5-6-18-40(2)37)39-20-22-11-9-21(10-12-22)13-16-28(35)32-26-8-4-3-7-25(26)31/h3-4,7-16,19H,5-6,17-18,20,31H2,1-2H3,(H,32,35)/b16-13+. The summed E-state index contributed by atoms with van der Waals surface area (Å²) >= 11 is 1.49. The predicted molar refractivity (Wildman–Crippen MR) is 165 cm³/mol. The number of ether oxygens (including phenoxy) is 1. The Morgan fingerprint density at radius 1 is 1.12 bits per heavy atom. The second kappa shape index (κ2) is 14.0. The van der Waals surface area contributed by atoms with E-state index >= 15 is 0 Å². The van der Waals surface area contributed by atoms with Gasteiger partial charge >= 0.3 is 0 Å². The maximum absolute atomic E-state index is 13.4. The lowest BCUT2D eigenvalue weighted by molar-refractivity contribution is -0.111. The molecule has 10 heteroatoms. The van der Waals surface area contributed by atoms with Gasteiger partial charge in [-0.05, 0) is 54.3 Å². The van der Waals surface area contributed by atoms with Crippen molar-refractivity contribution in [1.29, 1.82) is 0 Å². The van der Waals surface area contributed by atoms with Crippen LogP contribution >= 0.6 is 11.8 Å². The molecule has 0 radical (unpaired) electrons. The smallest absolute Gasteiger partial charge is 0.262 e. The Morgan fingerprint density at radius 2 is 1.90 bits per heavy atom. The molecule has 0 bridgehead atoms. The number of unbranched alkanes of at least 4 members (excludes halogenated alkanes) is 1. The van der Waals surface area contributed by atoms with Crippen molar-refractivity contribution in [2.75, 3.05) is 30.2 Å². The quantitative estimate of drug-likeness (QED) is 0.0793. The van der Waals surface area contributed by atoms with Gasteiger partial charge in [0.25, 0.3) is 5.56 Å². The number of nitrogen functional groups attached to an aromatic ring is 1. The van der Waals surface area contributed by atoms with Gasteiger partial charge in [-0.1, -0.05) is 48.2 Å². The average molecular weight is 577 g/mol. The van der Waals surface area contributed by atoms with Crippen LogP contribution in [0.4, 0.5) is 11.4 Å². The lowest BCUT2D eigenvalue weighted by Crippen LogP contribution is -2.23. The van der Waals surface area contributed by atoms with Crippen molar-refractivity contribution in [1.82, 2.24) is 9.55 Å². The molecule has 3 aromatic carbocycles. The molecule has 4 aromatic rings. The highest BCUT2D eigenvalue weighted by atomic mass is 32.2. The molecule has 0 aliphatic rings. The van der Waals surface area contributed by atoms with Crippen LogP contribution in [0, 0.1) is 0 Å². The molecule has 1 amide bonds. The Bertz CT molecular complexity index is 1600. The minimum Gasteiger partial charge on any atom is -0.497 e. The summed E-state index contributed by atoms with van der Waals surface area (Å²) in [6.45, 7) is 0.508. The molecule has 0 spiro atoms. The lowest BCUT2D eigenvalue weighted by atomic mass is 10.1. The minimum absolute atomic E-state index is 0.0937. The van der Waals surface area contributed by atoms with Gasteiger partial charge in [-0.25, -0.2) is 4.98 Å². The molecule has 0 aliphatic carbocycles. The number of amides is 1. The van der Waals surface area contributed by atoms with E-state index in [1.54, 1.807) is 54.3 Å². The van der Waals surface area contributed by atoms with E-state index in [4.69, 9.17) is 15.5 Å². The highest BCUT2D eigenvalue weighted by Crippen LogP contribution is 2.25. The second-order valence-corrected chi connectivity index (χ2v) is 11.7. The van der Waals surface area contributed by atoms with Gasteiger partial charge in [0.15, 0.2) is 5.16 Å². The topological polar surface area (TPSA) is 116 Å². The normalized spacial score (nSPS) is 12.1. The SMILES string of the molecule is COc1ccc2c(=O)n(CCCCS(C)=O)c(SCc3ccc(/C=C/C(=O)Nc4ccccc4N)cc3)nc2c1. The van der Waals surface area contributed by atoms with Crippen LogP contribution in [0.5, 0.6) is 5.75 Å². The number of anilines is 2. The summed E-state index contributed by atoms with van der Waals surface area (Å²) < 4.78 is 18.5. The number of fused-ring (bicyclic) bond motifs is 1. The zero-order valence-electron chi connectivity index (χ0n) is 22.5. The number of hydrogen-bond donors (Lipinski definition) is 2. The van der Waals surface area contributed by atoms with E-state index in [2.05, 4.69) is 5.32 Å². The number of nitrogens with zero attached hydrogens (tertiary/aromatic N) is 2. The van der Waals surface area contributed by atoms with Crippen molar-refractivity contribution >= 4 is 56.8 Å². The maximum Gasteiger partial charge on any atom is 0.262 e. The molecule has 1 heterocycles. The van der Waals surface area contributed by atoms with Crippen molar-refractivity contribution < 1.29 is 13.7 Å². The second-order valence-electron chi connectivity index (χ2n) is 9.16. The zero-order valence-corrected chi connectivity index (χ0v) is 24.1. The van der Waals surface area contributed by atoms with E-state index in [-0.39, 0.29) is 11.5 Å². The molecule has 0 saturated heterocycles. The monoisotopic (exact) mass is 576 g/mol. The molecule has 3 N–H and O–H groups in total. The van der Waals surface area contributed by atoms with Crippen molar-refractivity contribution in [2.45, 2.75) is 30.3 Å². The number of carbonyl (C=O) groups excluding carboxylic acids is 1. The van der Waals surface area contributed by atoms with E-state index in [0.29, 0.717) is 51.2 Å². The van der Waals surface area contributed by atoms with Gasteiger partial charge in [-0.15, -0.1) is 0 Å². The summed E-state index contributed by atoms with van der Waals surface area (Å²) in [5.74, 6) is 1.60. The number of aromatic nitrogens is 2.